The van der Waals surface area contributed by atoms with Crippen molar-refractivity contribution in [2.75, 3.05) is 7.11 Å². The number of benzene rings is 1. The summed E-state index contributed by atoms with van der Waals surface area (Å²) in [6, 6.07) is 6.62. The maximum atomic E-state index is 9.59. The summed E-state index contributed by atoms with van der Waals surface area (Å²) < 4.78 is 10.6. The van der Waals surface area contributed by atoms with E-state index in [4.69, 9.17) is 9.47 Å². The van der Waals surface area contributed by atoms with Crippen LogP contribution in [0.25, 0.3) is 6.08 Å². The Hall–Kier alpha value is -1.58. The Labute approximate surface area is 119 Å². The minimum absolute atomic E-state index is 0.141. The van der Waals surface area contributed by atoms with Gasteiger partial charge < -0.3 is 14.6 Å². The Morgan fingerprint density at radius 3 is 3.00 bits per heavy atom. The molecule has 20 heavy (non-hydrogen) atoms. The summed E-state index contributed by atoms with van der Waals surface area (Å²) >= 11 is 0. The number of rotatable bonds is 3. The first-order valence-corrected chi connectivity index (χ1v) is 7.13. The molecule has 1 N–H and O–H groups in total. The molecule has 0 bridgehead atoms. The van der Waals surface area contributed by atoms with Crippen LogP contribution in [-0.2, 0) is 22.3 Å². The summed E-state index contributed by atoms with van der Waals surface area (Å²) in [4.78, 5) is 0. The van der Waals surface area contributed by atoms with Gasteiger partial charge in [-0.05, 0) is 36.0 Å². The third kappa shape index (κ3) is 2.94. The van der Waals surface area contributed by atoms with E-state index in [0.717, 1.165) is 5.76 Å². The van der Waals surface area contributed by atoms with Gasteiger partial charge in [-0.2, -0.15) is 0 Å². The zero-order valence-corrected chi connectivity index (χ0v) is 11.7. The molecular weight excluding hydrogens is 252 g/mol. The molecule has 0 spiro atoms. The van der Waals surface area contributed by atoms with E-state index in [1.807, 2.05) is 6.08 Å². The Kier molecular flexibility index (Phi) is 3.90. The summed E-state index contributed by atoms with van der Waals surface area (Å²) in [6.45, 7) is 0. The second-order valence-corrected chi connectivity index (χ2v) is 5.35. The molecule has 1 aromatic carbocycles. The Morgan fingerprint density at radius 1 is 1.30 bits per heavy atom. The van der Waals surface area contributed by atoms with Crippen LogP contribution in [0.3, 0.4) is 0 Å². The molecule has 3 heteroatoms. The average molecular weight is 272 g/mol. The van der Waals surface area contributed by atoms with Gasteiger partial charge in [0.15, 0.2) is 6.29 Å². The topological polar surface area (TPSA) is 38.7 Å². The molecule has 0 saturated heterocycles. The standard InChI is InChI=1S/C17H20O3/c1-19-16-10-15(20-17(18)11-16)8-6-12-5-7-13-3-2-4-14(13)9-12/h5-9,11,15,17-18H,2-4,10H2,1H3/b8-6+. The van der Waals surface area contributed by atoms with Crippen LogP contribution in [0.2, 0.25) is 0 Å². The first kappa shape index (κ1) is 13.4. The van der Waals surface area contributed by atoms with Gasteiger partial charge in [-0.25, -0.2) is 0 Å². The lowest BCUT2D eigenvalue weighted by Crippen LogP contribution is -2.24. The van der Waals surface area contributed by atoms with Gasteiger partial charge in [-0.3, -0.25) is 0 Å². The fraction of sp³-hybridized carbons (Fsp3) is 0.412. The molecule has 0 saturated carbocycles. The summed E-state index contributed by atoms with van der Waals surface area (Å²) in [6.07, 6.45) is 8.95. The number of aryl methyl sites for hydroxylation is 2. The molecule has 2 aliphatic rings. The highest BCUT2D eigenvalue weighted by Gasteiger charge is 2.19. The maximum absolute atomic E-state index is 9.59. The van der Waals surface area contributed by atoms with Gasteiger partial charge in [-0.15, -0.1) is 0 Å². The van der Waals surface area contributed by atoms with Crippen molar-refractivity contribution in [3.05, 3.63) is 52.8 Å². The first-order chi connectivity index (χ1) is 9.74. The molecule has 0 amide bonds. The van der Waals surface area contributed by atoms with Crippen molar-refractivity contribution in [2.45, 2.75) is 38.1 Å². The fourth-order valence-electron chi connectivity index (χ4n) is 2.87. The molecule has 3 nitrogen and oxygen atoms in total. The van der Waals surface area contributed by atoms with E-state index in [1.54, 1.807) is 13.2 Å². The highest BCUT2D eigenvalue weighted by atomic mass is 16.6. The lowest BCUT2D eigenvalue weighted by atomic mass is 10.0. The second-order valence-electron chi connectivity index (χ2n) is 5.35. The monoisotopic (exact) mass is 272 g/mol. The van der Waals surface area contributed by atoms with Crippen LogP contribution < -0.4 is 0 Å². The summed E-state index contributed by atoms with van der Waals surface area (Å²) in [7, 11) is 1.62. The maximum Gasteiger partial charge on any atom is 0.178 e. The van der Waals surface area contributed by atoms with Crippen molar-refractivity contribution in [1.29, 1.82) is 0 Å². The highest BCUT2D eigenvalue weighted by molar-refractivity contribution is 5.53. The number of ether oxygens (including phenoxy) is 2. The van der Waals surface area contributed by atoms with Crippen LogP contribution >= 0.6 is 0 Å². The van der Waals surface area contributed by atoms with Crippen molar-refractivity contribution in [2.24, 2.45) is 0 Å². The van der Waals surface area contributed by atoms with Crippen molar-refractivity contribution in [1.82, 2.24) is 0 Å². The van der Waals surface area contributed by atoms with E-state index in [-0.39, 0.29) is 6.10 Å². The normalized spacial score (nSPS) is 25.6. The van der Waals surface area contributed by atoms with Crippen LogP contribution in [0.5, 0.6) is 0 Å². The SMILES string of the molecule is COC1=CC(O)OC(/C=C/c2ccc3c(c2)CCC3)C1. The van der Waals surface area contributed by atoms with Gasteiger partial charge in [0.1, 0.15) is 0 Å². The second kappa shape index (κ2) is 5.81. The third-order valence-electron chi connectivity index (χ3n) is 3.93. The quantitative estimate of drug-likeness (QED) is 0.919. The largest absolute Gasteiger partial charge is 0.501 e. The van der Waals surface area contributed by atoms with Crippen LogP contribution in [-0.4, -0.2) is 24.6 Å². The molecule has 1 aliphatic carbocycles. The van der Waals surface area contributed by atoms with Crippen LogP contribution in [0.1, 0.15) is 29.5 Å². The minimum atomic E-state index is -0.881. The minimum Gasteiger partial charge on any atom is -0.501 e. The zero-order valence-electron chi connectivity index (χ0n) is 11.7. The van der Waals surface area contributed by atoms with Gasteiger partial charge >= 0.3 is 0 Å². The summed E-state index contributed by atoms with van der Waals surface area (Å²) in [5.74, 6) is 0.771. The number of hydrogen-bond donors (Lipinski definition) is 1. The van der Waals surface area contributed by atoms with Gasteiger partial charge in [-0.1, -0.05) is 30.4 Å². The van der Waals surface area contributed by atoms with E-state index in [9.17, 15) is 5.11 Å². The number of fused-ring (bicyclic) bond motifs is 1. The van der Waals surface area contributed by atoms with Crippen molar-refractivity contribution >= 4 is 6.08 Å². The molecule has 2 unspecified atom stereocenters. The number of hydrogen-bond acceptors (Lipinski definition) is 3. The van der Waals surface area contributed by atoms with Gasteiger partial charge in [0.25, 0.3) is 0 Å². The number of aliphatic hydroxyl groups is 1. The number of aliphatic hydroxyl groups excluding tert-OH is 1. The van der Waals surface area contributed by atoms with E-state index in [1.165, 1.54) is 36.0 Å². The molecule has 0 aromatic heterocycles. The van der Waals surface area contributed by atoms with Crippen LogP contribution in [0, 0.1) is 0 Å². The Bertz CT molecular complexity index is 545. The summed E-state index contributed by atoms with van der Waals surface area (Å²) in [5.41, 5.74) is 4.14. The van der Waals surface area contributed by atoms with Crippen LogP contribution in [0.4, 0.5) is 0 Å². The summed E-state index contributed by atoms with van der Waals surface area (Å²) in [5, 5.41) is 9.59. The molecule has 3 rings (SSSR count). The van der Waals surface area contributed by atoms with Crippen molar-refractivity contribution in [3.8, 4) is 0 Å². The van der Waals surface area contributed by atoms with Crippen molar-refractivity contribution in [3.63, 3.8) is 0 Å². The Morgan fingerprint density at radius 2 is 2.15 bits per heavy atom. The van der Waals surface area contributed by atoms with Crippen LogP contribution in [0.15, 0.2) is 36.1 Å². The lowest BCUT2D eigenvalue weighted by molar-refractivity contribution is -0.103. The fourth-order valence-corrected chi connectivity index (χ4v) is 2.87. The van der Waals surface area contributed by atoms with E-state index in [2.05, 4.69) is 24.3 Å². The molecule has 0 fully saturated rings. The van der Waals surface area contributed by atoms with E-state index < -0.39 is 6.29 Å². The molecule has 1 aliphatic heterocycles. The zero-order chi connectivity index (χ0) is 13.9. The van der Waals surface area contributed by atoms with Gasteiger partial charge in [0, 0.05) is 12.5 Å². The average Bonchev–Trinajstić information content (AvgIpc) is 2.92. The lowest BCUT2D eigenvalue weighted by Gasteiger charge is -2.23. The molecule has 106 valence electrons. The molecular formula is C17H20O3. The van der Waals surface area contributed by atoms with Crippen molar-refractivity contribution < 1.29 is 14.6 Å². The van der Waals surface area contributed by atoms with E-state index >= 15 is 0 Å². The number of methoxy groups -OCH3 is 1. The molecule has 0 radical (unpaired) electrons. The highest BCUT2D eigenvalue weighted by Crippen LogP contribution is 2.24. The predicted octanol–water partition coefficient (Wildman–Crippen LogP) is 2.83. The third-order valence-corrected chi connectivity index (χ3v) is 3.93. The molecule has 2 atom stereocenters. The molecule has 1 heterocycles. The smallest absolute Gasteiger partial charge is 0.178 e. The van der Waals surface area contributed by atoms with Gasteiger partial charge in [0.05, 0.1) is 19.0 Å². The Balaban J connectivity index is 1.70. The first-order valence-electron chi connectivity index (χ1n) is 7.13. The molecule has 1 aromatic rings. The van der Waals surface area contributed by atoms with E-state index in [0.29, 0.717) is 6.42 Å². The van der Waals surface area contributed by atoms with Gasteiger partial charge in [0.2, 0.25) is 0 Å². The predicted molar refractivity (Wildman–Crippen MR) is 78.1 cm³/mol.